The van der Waals surface area contributed by atoms with Crippen LogP contribution in [0.4, 0.5) is 8.78 Å². The highest BCUT2D eigenvalue weighted by molar-refractivity contribution is 5.84. The fourth-order valence-corrected chi connectivity index (χ4v) is 4.77. The minimum absolute atomic E-state index is 0.234. The lowest BCUT2D eigenvalue weighted by Crippen LogP contribution is -2.02. The number of hydrogen-bond donors (Lipinski definition) is 0. The summed E-state index contributed by atoms with van der Waals surface area (Å²) >= 11 is 0. The maximum atomic E-state index is 14.1. The summed E-state index contributed by atoms with van der Waals surface area (Å²) in [7, 11) is 0. The summed E-state index contributed by atoms with van der Waals surface area (Å²) in [6, 6.07) is 33.6. The van der Waals surface area contributed by atoms with E-state index in [1.165, 1.54) is 18.2 Å². The molecule has 0 fully saturated rings. The molecule has 0 saturated heterocycles. The highest BCUT2D eigenvalue weighted by atomic mass is 19.1. The topological polar surface area (TPSA) is 18.5 Å². The van der Waals surface area contributed by atoms with Crippen molar-refractivity contribution in [2.75, 3.05) is 0 Å². The van der Waals surface area contributed by atoms with Gasteiger partial charge in [-0.3, -0.25) is 0 Å². The van der Waals surface area contributed by atoms with Gasteiger partial charge in [-0.2, -0.15) is 0 Å². The molecule has 0 heterocycles. The van der Waals surface area contributed by atoms with E-state index in [0.717, 1.165) is 39.8 Å². The number of halogens is 2. The van der Waals surface area contributed by atoms with Crippen molar-refractivity contribution in [3.8, 4) is 34.5 Å². The molecule has 6 rings (SSSR count). The molecule has 0 aliphatic heterocycles. The summed E-state index contributed by atoms with van der Waals surface area (Å²) in [5, 5.41) is 0. The highest BCUT2D eigenvalue weighted by Crippen LogP contribution is 2.48. The number of ether oxygens (including phenoxy) is 2. The van der Waals surface area contributed by atoms with Crippen LogP contribution in [0.1, 0.15) is 33.4 Å². The predicted octanol–water partition coefficient (Wildman–Crippen LogP) is 8.09. The summed E-state index contributed by atoms with van der Waals surface area (Å²) < 4.78 is 41.0. The van der Waals surface area contributed by atoms with Crippen LogP contribution in [0.5, 0.6) is 11.5 Å². The largest absolute Gasteiger partial charge is 0.485 e. The van der Waals surface area contributed by atoms with Gasteiger partial charge in [-0.1, -0.05) is 90.7 Å². The molecule has 0 atom stereocenters. The average Bonchev–Trinajstić information content (AvgIpc) is 3.34. The van der Waals surface area contributed by atoms with Crippen molar-refractivity contribution in [2.24, 2.45) is 0 Å². The highest BCUT2D eigenvalue weighted by Gasteiger charge is 2.26. The van der Waals surface area contributed by atoms with Gasteiger partial charge >= 0.3 is 0 Å². The summed E-state index contributed by atoms with van der Waals surface area (Å²) in [6.45, 7) is 0.800. The van der Waals surface area contributed by atoms with E-state index in [2.05, 4.69) is 17.9 Å². The first kappa shape index (κ1) is 24.5. The zero-order valence-corrected chi connectivity index (χ0v) is 21.1. The molecule has 0 unspecified atom stereocenters. The van der Waals surface area contributed by atoms with Crippen LogP contribution in [-0.2, 0) is 19.6 Å². The van der Waals surface area contributed by atoms with Crippen molar-refractivity contribution in [3.63, 3.8) is 0 Å². The lowest BCUT2D eigenvalue weighted by Gasteiger charge is -2.17. The number of benzene rings is 5. The van der Waals surface area contributed by atoms with Gasteiger partial charge in [-0.15, -0.1) is 0 Å². The Kier molecular flexibility index (Phi) is 6.80. The Morgan fingerprint density at radius 3 is 1.95 bits per heavy atom. The lowest BCUT2D eigenvalue weighted by atomic mass is 10.0. The predicted molar refractivity (Wildman–Crippen MR) is 149 cm³/mol. The van der Waals surface area contributed by atoms with E-state index in [-0.39, 0.29) is 5.56 Å². The molecule has 0 N–H and O–H groups in total. The van der Waals surface area contributed by atoms with E-state index in [4.69, 9.17) is 9.47 Å². The third-order valence-corrected chi connectivity index (χ3v) is 6.73. The van der Waals surface area contributed by atoms with E-state index >= 15 is 0 Å². The van der Waals surface area contributed by atoms with Crippen LogP contribution in [0.2, 0.25) is 0 Å². The van der Waals surface area contributed by atoms with Crippen molar-refractivity contribution < 1.29 is 18.3 Å². The minimum atomic E-state index is -0.675. The SMILES string of the molecule is Fc1cccc(F)c1C#Cc1ccc2c(c1)-c1c(ccc(OCc3ccccc3)c1OCc1ccccc1)C2. The van der Waals surface area contributed by atoms with E-state index in [1.807, 2.05) is 84.9 Å². The van der Waals surface area contributed by atoms with Crippen LogP contribution >= 0.6 is 0 Å². The van der Waals surface area contributed by atoms with Crippen LogP contribution < -0.4 is 9.47 Å². The maximum absolute atomic E-state index is 14.1. The summed E-state index contributed by atoms with van der Waals surface area (Å²) in [6.07, 6.45) is 0.751. The molecule has 0 bridgehead atoms. The fourth-order valence-electron chi connectivity index (χ4n) is 4.77. The molecule has 4 heteroatoms. The molecule has 0 spiro atoms. The Labute approximate surface area is 226 Å². The van der Waals surface area contributed by atoms with Crippen LogP contribution in [0.15, 0.2) is 109 Å². The van der Waals surface area contributed by atoms with Gasteiger partial charge in [0.2, 0.25) is 0 Å². The second-order valence-corrected chi connectivity index (χ2v) is 9.37. The van der Waals surface area contributed by atoms with Gasteiger partial charge in [0.1, 0.15) is 24.8 Å². The second kappa shape index (κ2) is 10.8. The molecular weight excluding hydrogens is 490 g/mol. The number of fused-ring (bicyclic) bond motifs is 3. The first-order chi connectivity index (χ1) is 19.2. The number of hydrogen-bond acceptors (Lipinski definition) is 2. The second-order valence-electron chi connectivity index (χ2n) is 9.37. The first-order valence-corrected chi connectivity index (χ1v) is 12.7. The maximum Gasteiger partial charge on any atom is 0.169 e. The Morgan fingerprint density at radius 1 is 0.615 bits per heavy atom. The van der Waals surface area contributed by atoms with E-state index in [9.17, 15) is 8.78 Å². The zero-order chi connectivity index (χ0) is 26.6. The normalized spacial score (nSPS) is 11.2. The van der Waals surface area contributed by atoms with Crippen molar-refractivity contribution in [1.29, 1.82) is 0 Å². The first-order valence-electron chi connectivity index (χ1n) is 12.7. The van der Waals surface area contributed by atoms with Crippen LogP contribution in [0.25, 0.3) is 11.1 Å². The van der Waals surface area contributed by atoms with E-state index in [0.29, 0.717) is 30.3 Å². The Morgan fingerprint density at radius 2 is 1.26 bits per heavy atom. The van der Waals surface area contributed by atoms with Gasteiger partial charge in [0.05, 0.1) is 5.56 Å². The Hall–Kier alpha value is -4.88. The zero-order valence-electron chi connectivity index (χ0n) is 21.1. The summed E-state index contributed by atoms with van der Waals surface area (Å²) in [4.78, 5) is 0. The fraction of sp³-hybridized carbons (Fsp3) is 0.0857. The smallest absolute Gasteiger partial charge is 0.169 e. The third kappa shape index (κ3) is 5.26. The van der Waals surface area contributed by atoms with Gasteiger partial charge in [-0.05, 0) is 64.6 Å². The lowest BCUT2D eigenvalue weighted by molar-refractivity contribution is 0.257. The minimum Gasteiger partial charge on any atom is -0.485 e. The van der Waals surface area contributed by atoms with E-state index < -0.39 is 11.6 Å². The van der Waals surface area contributed by atoms with Crippen LogP contribution in [-0.4, -0.2) is 0 Å². The Bertz CT molecular complexity index is 1680. The molecule has 0 amide bonds. The molecule has 1 aliphatic rings. The van der Waals surface area contributed by atoms with Crippen molar-refractivity contribution in [3.05, 3.63) is 154 Å². The van der Waals surface area contributed by atoms with Crippen molar-refractivity contribution in [2.45, 2.75) is 19.6 Å². The molecule has 5 aromatic carbocycles. The third-order valence-electron chi connectivity index (χ3n) is 6.73. The quantitative estimate of drug-likeness (QED) is 0.209. The van der Waals surface area contributed by atoms with Crippen molar-refractivity contribution >= 4 is 0 Å². The molecule has 0 radical (unpaired) electrons. The molecule has 2 nitrogen and oxygen atoms in total. The molecule has 0 aromatic heterocycles. The molecule has 5 aromatic rings. The molecule has 190 valence electrons. The summed E-state index contributed by atoms with van der Waals surface area (Å²) in [5.74, 6) is 5.59. The van der Waals surface area contributed by atoms with Gasteiger partial charge in [0.25, 0.3) is 0 Å². The molecular formula is C35H24F2O2. The van der Waals surface area contributed by atoms with Gasteiger partial charge in [-0.25, -0.2) is 8.78 Å². The Balaban J connectivity index is 1.38. The van der Waals surface area contributed by atoms with Crippen LogP contribution in [0.3, 0.4) is 0 Å². The summed E-state index contributed by atoms with van der Waals surface area (Å²) in [5.41, 5.74) is 6.75. The van der Waals surface area contributed by atoms with Gasteiger partial charge in [0.15, 0.2) is 11.5 Å². The van der Waals surface area contributed by atoms with Gasteiger partial charge < -0.3 is 9.47 Å². The van der Waals surface area contributed by atoms with Crippen LogP contribution in [0, 0.1) is 23.5 Å². The van der Waals surface area contributed by atoms with Gasteiger partial charge in [0, 0.05) is 11.1 Å². The average molecular weight is 515 g/mol. The number of rotatable bonds is 6. The molecule has 39 heavy (non-hydrogen) atoms. The standard InChI is InChI=1S/C35H24F2O2/c36-31-12-7-13-32(37)29(31)18-15-24-14-16-27-21-28-17-19-33(38-22-25-8-3-1-4-9-25)35(34(28)30(27)20-24)39-23-26-10-5-2-6-11-26/h1-14,16-17,19-20H,21-23H2. The molecule has 1 aliphatic carbocycles. The molecule has 0 saturated carbocycles. The van der Waals surface area contributed by atoms with E-state index in [1.54, 1.807) is 0 Å². The van der Waals surface area contributed by atoms with Crippen molar-refractivity contribution in [1.82, 2.24) is 0 Å². The monoisotopic (exact) mass is 514 g/mol.